The van der Waals surface area contributed by atoms with E-state index in [4.69, 9.17) is 35.3 Å². The molecule has 0 saturated carbocycles. The van der Waals surface area contributed by atoms with E-state index in [9.17, 15) is 4.79 Å². The molecule has 11 nitrogen and oxygen atoms in total. The molecule has 0 radical (unpaired) electrons. The number of piperazine rings is 1. The number of nitrogens with one attached hydrogen (secondary N) is 1. The van der Waals surface area contributed by atoms with E-state index in [1.54, 1.807) is 25.2 Å². The molecule has 3 aromatic rings. The first-order valence-corrected chi connectivity index (χ1v) is 13.6. The van der Waals surface area contributed by atoms with Crippen molar-refractivity contribution in [2.45, 2.75) is 19.4 Å². The third kappa shape index (κ3) is 6.35. The van der Waals surface area contributed by atoms with Crippen molar-refractivity contribution in [2.24, 2.45) is 0 Å². The van der Waals surface area contributed by atoms with E-state index in [0.29, 0.717) is 69.1 Å². The van der Waals surface area contributed by atoms with Crippen LogP contribution in [0.5, 0.6) is 23.0 Å². The Hall–Kier alpha value is -3.98. The zero-order chi connectivity index (χ0) is 28.9. The Morgan fingerprint density at radius 2 is 1.98 bits per heavy atom. The molecule has 41 heavy (non-hydrogen) atoms. The molecular formula is C29H32ClN5O6. The van der Waals surface area contributed by atoms with Gasteiger partial charge in [-0.1, -0.05) is 23.4 Å². The molecule has 1 aromatic heterocycles. The molecule has 1 N–H and O–H groups in total. The summed E-state index contributed by atoms with van der Waals surface area (Å²) in [5.41, 5.74) is 1.77. The van der Waals surface area contributed by atoms with Crippen LogP contribution in [0.1, 0.15) is 18.9 Å². The minimum absolute atomic E-state index is 0.0447. The predicted molar refractivity (Wildman–Crippen MR) is 154 cm³/mol. The number of benzene rings is 2. The Morgan fingerprint density at radius 1 is 1.15 bits per heavy atom. The van der Waals surface area contributed by atoms with Crippen molar-refractivity contribution in [3.05, 3.63) is 35.1 Å². The van der Waals surface area contributed by atoms with Crippen LogP contribution in [0.3, 0.4) is 0 Å². The molecule has 3 heterocycles. The topological polar surface area (TPSA) is 108 Å². The molecule has 0 spiro atoms. The minimum Gasteiger partial charge on any atom is -0.493 e. The van der Waals surface area contributed by atoms with Gasteiger partial charge in [0.1, 0.15) is 23.9 Å². The summed E-state index contributed by atoms with van der Waals surface area (Å²) in [5.74, 6) is 8.77. The third-order valence-corrected chi connectivity index (χ3v) is 7.23. The second-order valence-electron chi connectivity index (χ2n) is 9.65. The van der Waals surface area contributed by atoms with Crippen LogP contribution in [0, 0.1) is 11.8 Å². The number of aromatic nitrogens is 2. The molecule has 2 aliphatic rings. The highest BCUT2D eigenvalue weighted by Gasteiger charge is 2.26. The maximum atomic E-state index is 11.9. The van der Waals surface area contributed by atoms with Crippen molar-refractivity contribution in [1.82, 2.24) is 19.8 Å². The van der Waals surface area contributed by atoms with Crippen molar-refractivity contribution in [3.63, 3.8) is 0 Å². The summed E-state index contributed by atoms with van der Waals surface area (Å²) in [6.45, 7) is 5.19. The van der Waals surface area contributed by atoms with Crippen molar-refractivity contribution in [3.8, 4) is 34.8 Å². The van der Waals surface area contributed by atoms with Gasteiger partial charge in [0, 0.05) is 45.2 Å². The van der Waals surface area contributed by atoms with Gasteiger partial charge in [-0.2, -0.15) is 0 Å². The number of carbonyl (C=O) groups is 1. The molecule has 12 heteroatoms. The standard InChI is InChI=1S/C29H32ClN5O6/c1-18(37-3)6-7-19-12-21(30)26(28-27(19)40-17-41-28)33-29-20-13-23(38-4)24(14-22(20)31-16-32-29)39-11-5-8-35-10-9-34(2)25(36)15-35/h12-14,16,18H,5,8-11,15,17H2,1-4H3,(H,31,32,33). The monoisotopic (exact) mass is 581 g/mol. The molecule has 216 valence electrons. The quantitative estimate of drug-likeness (QED) is 0.297. The Labute approximate surface area is 243 Å². The number of hydrogen-bond acceptors (Lipinski definition) is 10. The van der Waals surface area contributed by atoms with Crippen LogP contribution in [-0.4, -0.2) is 92.6 Å². The number of ether oxygens (including phenoxy) is 5. The number of rotatable bonds is 9. The van der Waals surface area contributed by atoms with Gasteiger partial charge in [0.25, 0.3) is 0 Å². The van der Waals surface area contributed by atoms with E-state index in [2.05, 4.69) is 32.0 Å². The van der Waals surface area contributed by atoms with Gasteiger partial charge in [0.2, 0.25) is 12.7 Å². The lowest BCUT2D eigenvalue weighted by Gasteiger charge is -2.31. The number of fused-ring (bicyclic) bond motifs is 2. The molecule has 0 bridgehead atoms. The number of carbonyl (C=O) groups excluding carboxylic acids is 1. The summed E-state index contributed by atoms with van der Waals surface area (Å²) in [6, 6.07) is 5.37. The first-order valence-electron chi connectivity index (χ1n) is 13.2. The number of amides is 1. The van der Waals surface area contributed by atoms with Crippen LogP contribution in [0.25, 0.3) is 10.9 Å². The number of hydrogen-bond donors (Lipinski definition) is 1. The molecular weight excluding hydrogens is 550 g/mol. The van der Waals surface area contributed by atoms with Gasteiger partial charge < -0.3 is 33.9 Å². The summed E-state index contributed by atoms with van der Waals surface area (Å²) in [7, 11) is 5.01. The Kier molecular flexibility index (Phi) is 8.83. The van der Waals surface area contributed by atoms with E-state index in [0.717, 1.165) is 26.1 Å². The molecule has 2 aliphatic heterocycles. The summed E-state index contributed by atoms with van der Waals surface area (Å²) in [4.78, 5) is 24.7. The van der Waals surface area contributed by atoms with Gasteiger partial charge in [0.15, 0.2) is 23.0 Å². The first-order chi connectivity index (χ1) is 19.9. The van der Waals surface area contributed by atoms with Crippen LogP contribution < -0.4 is 24.3 Å². The first kappa shape index (κ1) is 28.5. The highest BCUT2D eigenvalue weighted by molar-refractivity contribution is 6.34. The summed E-state index contributed by atoms with van der Waals surface area (Å²) in [5, 5.41) is 4.39. The molecule has 2 aromatic carbocycles. The van der Waals surface area contributed by atoms with Crippen LogP contribution in [0.15, 0.2) is 24.5 Å². The van der Waals surface area contributed by atoms with E-state index >= 15 is 0 Å². The van der Waals surface area contributed by atoms with E-state index < -0.39 is 0 Å². The van der Waals surface area contributed by atoms with Gasteiger partial charge in [-0.25, -0.2) is 9.97 Å². The van der Waals surface area contributed by atoms with Crippen molar-refractivity contribution < 1.29 is 28.5 Å². The number of halogens is 1. The Bertz CT molecular complexity index is 1510. The number of nitrogens with zero attached hydrogens (tertiary/aromatic N) is 4. The lowest BCUT2D eigenvalue weighted by atomic mass is 10.1. The Balaban J connectivity index is 1.34. The minimum atomic E-state index is -0.247. The number of methoxy groups -OCH3 is 2. The average molecular weight is 582 g/mol. The summed E-state index contributed by atoms with van der Waals surface area (Å²) in [6.07, 6.45) is 1.98. The van der Waals surface area contributed by atoms with Crippen LogP contribution in [0.4, 0.5) is 11.5 Å². The van der Waals surface area contributed by atoms with Crippen LogP contribution in [-0.2, 0) is 9.53 Å². The fraction of sp³-hybridized carbons (Fsp3) is 0.414. The van der Waals surface area contributed by atoms with E-state index in [1.165, 1.54) is 6.33 Å². The van der Waals surface area contributed by atoms with Gasteiger partial charge in [0.05, 0.1) is 36.4 Å². The second-order valence-corrected chi connectivity index (χ2v) is 10.1. The average Bonchev–Trinajstić information content (AvgIpc) is 3.47. The lowest BCUT2D eigenvalue weighted by molar-refractivity contribution is -0.134. The molecule has 0 aliphatic carbocycles. The predicted octanol–water partition coefficient (Wildman–Crippen LogP) is 3.69. The normalized spacial score (nSPS) is 15.4. The molecule has 1 atom stereocenters. The molecule has 1 saturated heterocycles. The Morgan fingerprint density at radius 3 is 2.76 bits per heavy atom. The highest BCUT2D eigenvalue weighted by atomic mass is 35.5. The van der Waals surface area contributed by atoms with Crippen molar-refractivity contribution in [2.75, 3.05) is 66.2 Å². The second kappa shape index (κ2) is 12.7. The fourth-order valence-corrected chi connectivity index (χ4v) is 4.75. The number of anilines is 2. The van der Waals surface area contributed by atoms with E-state index in [-0.39, 0.29) is 18.8 Å². The van der Waals surface area contributed by atoms with Crippen LogP contribution in [0.2, 0.25) is 5.02 Å². The lowest BCUT2D eigenvalue weighted by Crippen LogP contribution is -2.48. The van der Waals surface area contributed by atoms with Gasteiger partial charge >= 0.3 is 0 Å². The van der Waals surface area contributed by atoms with Crippen molar-refractivity contribution >= 4 is 39.9 Å². The molecule has 1 amide bonds. The smallest absolute Gasteiger partial charge is 0.236 e. The zero-order valence-corrected chi connectivity index (χ0v) is 24.2. The summed E-state index contributed by atoms with van der Waals surface area (Å²) >= 11 is 6.68. The number of likely N-dealkylation sites (N-methyl/N-ethyl adjacent to an activating group) is 1. The zero-order valence-electron chi connectivity index (χ0n) is 23.5. The maximum absolute atomic E-state index is 11.9. The van der Waals surface area contributed by atoms with Gasteiger partial charge in [-0.15, -0.1) is 0 Å². The molecule has 1 fully saturated rings. The van der Waals surface area contributed by atoms with Gasteiger partial charge in [-0.05, 0) is 25.5 Å². The third-order valence-electron chi connectivity index (χ3n) is 6.93. The maximum Gasteiger partial charge on any atom is 0.236 e. The summed E-state index contributed by atoms with van der Waals surface area (Å²) < 4.78 is 28.4. The fourth-order valence-electron chi connectivity index (χ4n) is 4.51. The van der Waals surface area contributed by atoms with Crippen molar-refractivity contribution in [1.29, 1.82) is 0 Å². The van der Waals surface area contributed by atoms with E-state index in [1.807, 2.05) is 26.1 Å². The van der Waals surface area contributed by atoms with Crippen LogP contribution >= 0.6 is 11.6 Å². The van der Waals surface area contributed by atoms with Gasteiger partial charge in [-0.3, -0.25) is 9.69 Å². The highest BCUT2D eigenvalue weighted by Crippen LogP contribution is 2.47. The SMILES string of the molecule is COc1cc2c(Nc3c(Cl)cc(C#CC(C)OC)c4c3OCO4)ncnc2cc1OCCCN1CCN(C)C(=O)C1. The molecule has 5 rings (SSSR count). The largest absolute Gasteiger partial charge is 0.493 e. The molecule has 1 unspecified atom stereocenters.